The zero-order valence-corrected chi connectivity index (χ0v) is 25.2. The number of amides is 2. The molecular formula is C30H31N5O6S2. The van der Waals surface area contributed by atoms with Gasteiger partial charge in [-0.2, -0.15) is 0 Å². The van der Waals surface area contributed by atoms with Crippen LogP contribution in [0.5, 0.6) is 5.75 Å². The van der Waals surface area contributed by atoms with Crippen LogP contribution in [0.3, 0.4) is 0 Å². The fraction of sp³-hybridized carbons (Fsp3) is 0.267. The Morgan fingerprint density at radius 2 is 1.98 bits per heavy atom. The van der Waals surface area contributed by atoms with Crippen molar-refractivity contribution < 1.29 is 27.5 Å². The van der Waals surface area contributed by atoms with Crippen molar-refractivity contribution in [3.8, 4) is 5.75 Å². The standard InChI is InChI=1S/C30H31N5O6S2/c1-3-41-30(37)34-27(31)26-14-19(18-42-26)17-35-13-11-25(29(35)36)33-28(24-6-4-5-12-32-24)43(38,39)23-10-8-20-7-9-22(40-2)15-21(20)16-23/h4-10,12,14-16,18,25,28,33H,3,11,13,17H2,1-2H3,(H2,31,34,37). The maximum atomic E-state index is 14.1. The molecule has 1 saturated heterocycles. The van der Waals surface area contributed by atoms with E-state index in [-0.39, 0.29) is 35.5 Å². The van der Waals surface area contributed by atoms with Crippen molar-refractivity contribution in [2.75, 3.05) is 20.3 Å². The van der Waals surface area contributed by atoms with Gasteiger partial charge in [0.15, 0.2) is 15.2 Å². The van der Waals surface area contributed by atoms with Crippen molar-refractivity contribution in [3.05, 3.63) is 88.4 Å². The molecule has 4 aromatic rings. The first-order chi connectivity index (χ1) is 20.7. The number of amidine groups is 1. The number of benzene rings is 2. The highest BCUT2D eigenvalue weighted by atomic mass is 32.2. The van der Waals surface area contributed by atoms with Gasteiger partial charge >= 0.3 is 6.09 Å². The topological polar surface area (TPSA) is 151 Å². The number of nitrogens with zero attached hydrogens (tertiary/aromatic N) is 2. The van der Waals surface area contributed by atoms with Crippen LogP contribution in [0, 0.1) is 5.41 Å². The zero-order valence-electron chi connectivity index (χ0n) is 23.6. The predicted molar refractivity (Wildman–Crippen MR) is 163 cm³/mol. The van der Waals surface area contributed by atoms with Crippen LogP contribution in [0.25, 0.3) is 10.8 Å². The molecule has 1 aliphatic rings. The molecule has 1 aliphatic heterocycles. The summed E-state index contributed by atoms with van der Waals surface area (Å²) in [6.45, 7) is 2.58. The van der Waals surface area contributed by atoms with E-state index in [0.717, 1.165) is 10.9 Å². The van der Waals surface area contributed by atoms with E-state index >= 15 is 0 Å². The SMILES string of the molecule is CCOC(=O)NC(=N)c1cc(CN2CCC(NC(c3ccccn3)S(=O)(=O)c3ccc4ccc(OC)cc4c3)C2=O)cs1. The molecule has 5 rings (SSSR count). The van der Waals surface area contributed by atoms with Gasteiger partial charge < -0.3 is 14.4 Å². The van der Waals surface area contributed by atoms with E-state index in [0.29, 0.717) is 29.0 Å². The molecule has 2 unspecified atom stereocenters. The molecule has 2 aromatic heterocycles. The molecule has 2 aromatic carbocycles. The highest BCUT2D eigenvalue weighted by molar-refractivity contribution is 7.91. The minimum Gasteiger partial charge on any atom is -0.497 e. The van der Waals surface area contributed by atoms with E-state index in [9.17, 15) is 18.0 Å². The number of thiophene rings is 1. The summed E-state index contributed by atoms with van der Waals surface area (Å²) >= 11 is 1.27. The quantitative estimate of drug-likeness (QED) is 0.176. The van der Waals surface area contributed by atoms with E-state index in [4.69, 9.17) is 14.9 Å². The first kappa shape index (κ1) is 30.1. The van der Waals surface area contributed by atoms with E-state index in [1.807, 2.05) is 17.5 Å². The van der Waals surface area contributed by atoms with Crippen LogP contribution in [-0.2, 0) is 25.9 Å². The monoisotopic (exact) mass is 621 g/mol. The number of pyridine rings is 1. The highest BCUT2D eigenvalue weighted by Crippen LogP contribution is 2.31. The summed E-state index contributed by atoms with van der Waals surface area (Å²) in [6.07, 6.45) is 1.23. The molecule has 2 atom stereocenters. The van der Waals surface area contributed by atoms with Gasteiger partial charge in [0.05, 0.1) is 35.2 Å². The second-order valence-electron chi connectivity index (χ2n) is 9.86. The molecule has 11 nitrogen and oxygen atoms in total. The first-order valence-electron chi connectivity index (χ1n) is 13.6. The third-order valence-corrected chi connectivity index (χ3v) is 9.95. The number of aromatic nitrogens is 1. The lowest BCUT2D eigenvalue weighted by Crippen LogP contribution is -2.42. The lowest BCUT2D eigenvalue weighted by molar-refractivity contribution is -0.130. The van der Waals surface area contributed by atoms with Crippen LogP contribution in [0.1, 0.15) is 34.9 Å². The van der Waals surface area contributed by atoms with Crippen molar-refractivity contribution >= 4 is 49.8 Å². The number of fused-ring (bicyclic) bond motifs is 1. The Kier molecular flexibility index (Phi) is 9.04. The number of hydrogen-bond donors (Lipinski definition) is 3. The van der Waals surface area contributed by atoms with Gasteiger partial charge in [-0.05, 0) is 77.5 Å². The minimum absolute atomic E-state index is 0.0856. The van der Waals surface area contributed by atoms with Crippen molar-refractivity contribution in [2.24, 2.45) is 0 Å². The van der Waals surface area contributed by atoms with Gasteiger partial charge in [0.25, 0.3) is 0 Å². The predicted octanol–water partition coefficient (Wildman–Crippen LogP) is 4.24. The molecule has 0 bridgehead atoms. The fourth-order valence-electron chi connectivity index (χ4n) is 4.88. The minimum atomic E-state index is -4.02. The Balaban J connectivity index is 1.34. The summed E-state index contributed by atoms with van der Waals surface area (Å²) in [7, 11) is -2.47. The van der Waals surface area contributed by atoms with Gasteiger partial charge in [0.2, 0.25) is 5.91 Å². The summed E-state index contributed by atoms with van der Waals surface area (Å²) in [5.74, 6) is 0.298. The highest BCUT2D eigenvalue weighted by Gasteiger charge is 2.38. The zero-order chi connectivity index (χ0) is 30.6. The summed E-state index contributed by atoms with van der Waals surface area (Å²) in [4.78, 5) is 31.7. The number of rotatable bonds is 10. The van der Waals surface area contributed by atoms with Gasteiger partial charge in [-0.25, -0.2) is 13.2 Å². The average Bonchev–Trinajstić information content (AvgIpc) is 3.62. The maximum absolute atomic E-state index is 14.1. The molecule has 224 valence electrons. The molecule has 3 N–H and O–H groups in total. The van der Waals surface area contributed by atoms with Gasteiger partial charge in [0.1, 0.15) is 11.6 Å². The first-order valence-corrected chi connectivity index (χ1v) is 16.0. The number of carbonyl (C=O) groups is 2. The third-order valence-electron chi connectivity index (χ3n) is 7.04. The van der Waals surface area contributed by atoms with Crippen LogP contribution >= 0.6 is 11.3 Å². The summed E-state index contributed by atoms with van der Waals surface area (Å²) in [5.41, 5.74) is 1.08. The van der Waals surface area contributed by atoms with E-state index in [2.05, 4.69) is 15.6 Å². The van der Waals surface area contributed by atoms with Crippen molar-refractivity contribution in [3.63, 3.8) is 0 Å². The largest absolute Gasteiger partial charge is 0.497 e. The molecule has 3 heterocycles. The number of sulfone groups is 1. The number of alkyl carbamates (subject to hydrolysis) is 1. The average molecular weight is 622 g/mol. The molecular weight excluding hydrogens is 590 g/mol. The lowest BCUT2D eigenvalue weighted by Gasteiger charge is -2.23. The van der Waals surface area contributed by atoms with Crippen LogP contribution in [-0.4, -0.2) is 62.4 Å². The molecule has 0 saturated carbocycles. The smallest absolute Gasteiger partial charge is 0.412 e. The van der Waals surface area contributed by atoms with Crippen LogP contribution in [0.4, 0.5) is 4.79 Å². The van der Waals surface area contributed by atoms with Crippen LogP contribution < -0.4 is 15.4 Å². The Morgan fingerprint density at radius 1 is 1.16 bits per heavy atom. The number of nitrogens with one attached hydrogen (secondary N) is 3. The molecule has 2 amide bonds. The van der Waals surface area contributed by atoms with Gasteiger partial charge in [-0.1, -0.05) is 18.2 Å². The Morgan fingerprint density at radius 3 is 2.72 bits per heavy atom. The Hall–Kier alpha value is -4.33. The Labute approximate surface area is 253 Å². The second kappa shape index (κ2) is 12.9. The van der Waals surface area contributed by atoms with E-state index in [1.165, 1.54) is 17.5 Å². The van der Waals surface area contributed by atoms with E-state index in [1.54, 1.807) is 67.5 Å². The summed E-state index contributed by atoms with van der Waals surface area (Å²) < 4.78 is 38.3. The molecule has 13 heteroatoms. The number of ether oxygens (including phenoxy) is 2. The molecule has 1 fully saturated rings. The number of carbonyl (C=O) groups excluding carboxylic acids is 2. The van der Waals surface area contributed by atoms with Gasteiger partial charge in [0, 0.05) is 19.3 Å². The second-order valence-corrected chi connectivity index (χ2v) is 12.8. The molecule has 0 radical (unpaired) electrons. The fourth-order valence-corrected chi connectivity index (χ4v) is 7.31. The summed E-state index contributed by atoms with van der Waals surface area (Å²) in [5, 5.41) is 15.7. The van der Waals surface area contributed by atoms with E-state index < -0.39 is 27.3 Å². The van der Waals surface area contributed by atoms with Crippen molar-refractivity contribution in [2.45, 2.75) is 36.2 Å². The normalized spacial score (nSPS) is 15.8. The molecule has 0 spiro atoms. The van der Waals surface area contributed by atoms with Crippen LogP contribution in [0.15, 0.2) is 77.1 Å². The van der Waals surface area contributed by atoms with Crippen molar-refractivity contribution in [1.29, 1.82) is 5.41 Å². The van der Waals surface area contributed by atoms with Gasteiger partial charge in [-0.15, -0.1) is 11.3 Å². The maximum Gasteiger partial charge on any atom is 0.412 e. The number of likely N-dealkylation sites (tertiary alicyclic amines) is 1. The number of methoxy groups -OCH3 is 1. The summed E-state index contributed by atoms with van der Waals surface area (Å²) in [6, 6.07) is 16.4. The molecule has 43 heavy (non-hydrogen) atoms. The Bertz CT molecular complexity index is 1760. The lowest BCUT2D eigenvalue weighted by atomic mass is 10.1. The van der Waals surface area contributed by atoms with Crippen molar-refractivity contribution in [1.82, 2.24) is 20.5 Å². The molecule has 0 aliphatic carbocycles. The number of hydrogen-bond acceptors (Lipinski definition) is 10. The van der Waals surface area contributed by atoms with Crippen LogP contribution in [0.2, 0.25) is 0 Å². The van der Waals surface area contributed by atoms with Gasteiger partial charge in [-0.3, -0.25) is 25.8 Å². The third kappa shape index (κ3) is 6.69.